The molecule has 0 aromatic heterocycles. The Morgan fingerprint density at radius 2 is 1.89 bits per heavy atom. The predicted octanol–water partition coefficient (Wildman–Crippen LogP) is 0.433. The number of carboxylic acid groups (broad SMARTS) is 1. The maximum Gasteiger partial charge on any atom is 0.340 e. The number of nitrogens with one attached hydrogen (secondary N) is 1. The summed E-state index contributed by atoms with van der Waals surface area (Å²) in [4.78, 5) is 33.9. The minimum Gasteiger partial charge on any atom is -0.479 e. The topological polar surface area (TPSA) is 92.7 Å². The molecular formula is C12H13NO5. The summed E-state index contributed by atoms with van der Waals surface area (Å²) in [6.45, 7) is 1.60. The maximum absolute atomic E-state index is 11.7. The van der Waals surface area contributed by atoms with Crippen molar-refractivity contribution in [2.75, 3.05) is 6.61 Å². The summed E-state index contributed by atoms with van der Waals surface area (Å²) in [6, 6.07) is 6.32. The molecule has 0 fully saturated rings. The van der Waals surface area contributed by atoms with Crippen molar-refractivity contribution in [3.63, 3.8) is 0 Å². The summed E-state index contributed by atoms with van der Waals surface area (Å²) in [5.74, 6) is -3.09. The third kappa shape index (κ3) is 3.58. The first-order valence-electron chi connectivity index (χ1n) is 5.31. The summed E-state index contributed by atoms with van der Waals surface area (Å²) >= 11 is 0. The molecule has 1 aromatic rings. The number of hydrogen-bond donors (Lipinski definition) is 2. The lowest BCUT2D eigenvalue weighted by Crippen LogP contribution is -2.47. The molecule has 1 amide bonds. The molecule has 6 heteroatoms. The Bertz CT molecular complexity index is 443. The zero-order valence-corrected chi connectivity index (χ0v) is 9.75. The second-order valence-electron chi connectivity index (χ2n) is 3.36. The molecule has 1 rings (SSSR count). The fourth-order valence-corrected chi connectivity index (χ4v) is 1.25. The molecule has 0 saturated heterocycles. The third-order valence-corrected chi connectivity index (χ3v) is 2.08. The quantitative estimate of drug-likeness (QED) is 0.585. The number of carbonyl (C=O) groups is 3. The van der Waals surface area contributed by atoms with Crippen LogP contribution in [0, 0.1) is 0 Å². The molecule has 0 aliphatic carbocycles. The predicted molar refractivity (Wildman–Crippen MR) is 62.0 cm³/mol. The Balaban J connectivity index is 2.76. The number of hydrogen-bond acceptors (Lipinski definition) is 4. The monoisotopic (exact) mass is 251 g/mol. The molecule has 0 aliphatic rings. The summed E-state index contributed by atoms with van der Waals surface area (Å²) in [5, 5.41) is 11.0. The summed E-state index contributed by atoms with van der Waals surface area (Å²) in [5.41, 5.74) is 0.271. The van der Waals surface area contributed by atoms with Gasteiger partial charge in [-0.2, -0.15) is 0 Å². The minimum atomic E-state index is -1.70. The first-order chi connectivity index (χ1) is 8.56. The lowest BCUT2D eigenvalue weighted by Gasteiger charge is -2.13. The lowest BCUT2D eigenvalue weighted by molar-refractivity contribution is -0.154. The van der Waals surface area contributed by atoms with E-state index in [4.69, 9.17) is 5.11 Å². The largest absolute Gasteiger partial charge is 0.479 e. The van der Waals surface area contributed by atoms with Crippen LogP contribution in [0.25, 0.3) is 0 Å². The van der Waals surface area contributed by atoms with E-state index in [1.807, 2.05) is 0 Å². The van der Waals surface area contributed by atoms with Gasteiger partial charge < -0.3 is 15.2 Å². The Hall–Kier alpha value is -2.37. The molecule has 1 aromatic carbocycles. The SMILES string of the molecule is CCOC(=O)C(NC(=O)c1ccccc1)C(=O)O. The second-order valence-corrected chi connectivity index (χ2v) is 3.36. The smallest absolute Gasteiger partial charge is 0.340 e. The standard InChI is InChI=1S/C12H13NO5/c1-2-18-12(17)9(11(15)16)13-10(14)8-6-4-3-5-7-8/h3-7,9H,2H2,1H3,(H,13,14)(H,15,16). The van der Waals surface area contributed by atoms with E-state index in [9.17, 15) is 14.4 Å². The van der Waals surface area contributed by atoms with Crippen LogP contribution in [0.3, 0.4) is 0 Å². The van der Waals surface area contributed by atoms with Gasteiger partial charge in [0.05, 0.1) is 6.61 Å². The van der Waals surface area contributed by atoms with Crippen LogP contribution >= 0.6 is 0 Å². The Morgan fingerprint density at radius 3 is 2.39 bits per heavy atom. The number of carboxylic acids is 1. The van der Waals surface area contributed by atoms with Gasteiger partial charge in [-0.1, -0.05) is 18.2 Å². The van der Waals surface area contributed by atoms with Gasteiger partial charge in [-0.05, 0) is 19.1 Å². The Morgan fingerprint density at radius 1 is 1.28 bits per heavy atom. The highest BCUT2D eigenvalue weighted by molar-refractivity contribution is 6.05. The number of aliphatic carboxylic acids is 1. The van der Waals surface area contributed by atoms with Gasteiger partial charge in [-0.25, -0.2) is 9.59 Å². The Kier molecular flexibility index (Phi) is 4.86. The normalized spacial score (nSPS) is 11.4. The lowest BCUT2D eigenvalue weighted by atomic mass is 10.2. The zero-order chi connectivity index (χ0) is 13.5. The molecule has 0 bridgehead atoms. The van der Waals surface area contributed by atoms with Crippen molar-refractivity contribution in [2.24, 2.45) is 0 Å². The van der Waals surface area contributed by atoms with Crippen molar-refractivity contribution < 1.29 is 24.2 Å². The summed E-state index contributed by atoms with van der Waals surface area (Å²) in [7, 11) is 0. The third-order valence-electron chi connectivity index (χ3n) is 2.08. The molecule has 0 aliphatic heterocycles. The Labute approximate surface area is 104 Å². The van der Waals surface area contributed by atoms with Crippen LogP contribution in [0.5, 0.6) is 0 Å². The van der Waals surface area contributed by atoms with Gasteiger partial charge in [0, 0.05) is 5.56 Å². The van der Waals surface area contributed by atoms with Crippen LogP contribution in [0.4, 0.5) is 0 Å². The van der Waals surface area contributed by atoms with Gasteiger partial charge in [-0.3, -0.25) is 4.79 Å². The highest BCUT2D eigenvalue weighted by atomic mass is 16.5. The van der Waals surface area contributed by atoms with E-state index < -0.39 is 23.9 Å². The van der Waals surface area contributed by atoms with Gasteiger partial charge in [0.1, 0.15) is 0 Å². The molecule has 2 N–H and O–H groups in total. The number of esters is 1. The van der Waals surface area contributed by atoms with Crippen LogP contribution in [0.2, 0.25) is 0 Å². The molecule has 96 valence electrons. The second kappa shape index (κ2) is 6.39. The van der Waals surface area contributed by atoms with E-state index in [0.29, 0.717) is 0 Å². The molecule has 0 saturated carbocycles. The first-order valence-corrected chi connectivity index (χ1v) is 5.31. The molecule has 0 heterocycles. The fourth-order valence-electron chi connectivity index (χ4n) is 1.25. The highest BCUT2D eigenvalue weighted by Crippen LogP contribution is 2.00. The van der Waals surface area contributed by atoms with E-state index in [-0.39, 0.29) is 12.2 Å². The van der Waals surface area contributed by atoms with Gasteiger partial charge >= 0.3 is 11.9 Å². The zero-order valence-electron chi connectivity index (χ0n) is 9.75. The van der Waals surface area contributed by atoms with Crippen molar-refractivity contribution in [1.29, 1.82) is 0 Å². The average Bonchev–Trinajstić information content (AvgIpc) is 2.36. The van der Waals surface area contributed by atoms with Crippen LogP contribution in [-0.2, 0) is 14.3 Å². The average molecular weight is 251 g/mol. The van der Waals surface area contributed by atoms with Crippen LogP contribution in [0.15, 0.2) is 30.3 Å². The minimum absolute atomic E-state index is 0.0455. The van der Waals surface area contributed by atoms with E-state index >= 15 is 0 Å². The van der Waals surface area contributed by atoms with Crippen molar-refractivity contribution >= 4 is 17.8 Å². The van der Waals surface area contributed by atoms with Crippen molar-refractivity contribution in [2.45, 2.75) is 13.0 Å². The molecule has 1 atom stereocenters. The molecular weight excluding hydrogens is 238 g/mol. The highest BCUT2D eigenvalue weighted by Gasteiger charge is 2.29. The van der Waals surface area contributed by atoms with Crippen molar-refractivity contribution in [3.8, 4) is 0 Å². The molecule has 0 radical (unpaired) electrons. The van der Waals surface area contributed by atoms with Gasteiger partial charge in [0.25, 0.3) is 5.91 Å². The molecule has 6 nitrogen and oxygen atoms in total. The number of amides is 1. The molecule has 1 unspecified atom stereocenters. The van der Waals surface area contributed by atoms with E-state index in [1.54, 1.807) is 25.1 Å². The number of ether oxygens (including phenoxy) is 1. The number of rotatable bonds is 5. The van der Waals surface area contributed by atoms with Gasteiger partial charge in [-0.15, -0.1) is 0 Å². The van der Waals surface area contributed by atoms with E-state index in [2.05, 4.69) is 10.1 Å². The summed E-state index contributed by atoms with van der Waals surface area (Å²) < 4.78 is 4.57. The molecule has 0 spiro atoms. The molecule has 18 heavy (non-hydrogen) atoms. The summed E-state index contributed by atoms with van der Waals surface area (Å²) in [6.07, 6.45) is 0. The van der Waals surface area contributed by atoms with Gasteiger partial charge in [0.2, 0.25) is 6.04 Å². The van der Waals surface area contributed by atoms with Crippen LogP contribution in [-0.4, -0.2) is 35.6 Å². The van der Waals surface area contributed by atoms with Crippen LogP contribution < -0.4 is 5.32 Å². The van der Waals surface area contributed by atoms with Gasteiger partial charge in [0.15, 0.2) is 0 Å². The van der Waals surface area contributed by atoms with E-state index in [1.165, 1.54) is 12.1 Å². The maximum atomic E-state index is 11.7. The van der Waals surface area contributed by atoms with E-state index in [0.717, 1.165) is 0 Å². The van der Waals surface area contributed by atoms with Crippen LogP contribution in [0.1, 0.15) is 17.3 Å². The van der Waals surface area contributed by atoms with Crippen molar-refractivity contribution in [3.05, 3.63) is 35.9 Å². The first kappa shape index (κ1) is 13.7. The van der Waals surface area contributed by atoms with Crippen molar-refractivity contribution in [1.82, 2.24) is 5.32 Å². The number of benzene rings is 1. The fraction of sp³-hybridized carbons (Fsp3) is 0.250. The number of carbonyl (C=O) groups excluding carboxylic acids is 2.